The van der Waals surface area contributed by atoms with Gasteiger partial charge in [0.05, 0.1) is 0 Å². The van der Waals surface area contributed by atoms with Crippen LogP contribution in [0, 0.1) is 11.8 Å². The van der Waals surface area contributed by atoms with Gasteiger partial charge in [0.2, 0.25) is 5.91 Å². The molecule has 2 N–H and O–H groups in total. The maximum atomic E-state index is 12.6. The van der Waals surface area contributed by atoms with Crippen molar-refractivity contribution < 1.29 is 14.3 Å². The molecule has 1 fully saturated rings. The second kappa shape index (κ2) is 8.55. The number of carbonyl (C=O) groups excluding carboxylic acids is 2. The molecular weight excluding hydrogens is 292 g/mol. The van der Waals surface area contributed by atoms with Crippen molar-refractivity contribution in [3.63, 3.8) is 0 Å². The molecule has 0 unspecified atom stereocenters. The molecule has 5 nitrogen and oxygen atoms in total. The molecule has 0 bridgehead atoms. The Morgan fingerprint density at radius 3 is 2.30 bits per heavy atom. The van der Waals surface area contributed by atoms with E-state index in [1.54, 1.807) is 0 Å². The molecule has 0 spiro atoms. The van der Waals surface area contributed by atoms with Gasteiger partial charge in [0, 0.05) is 6.04 Å². The van der Waals surface area contributed by atoms with Crippen molar-refractivity contribution in [3.05, 3.63) is 0 Å². The Bertz CT molecular complexity index is 402. The van der Waals surface area contributed by atoms with Gasteiger partial charge in [-0.3, -0.25) is 4.79 Å². The Hall–Kier alpha value is -1.26. The van der Waals surface area contributed by atoms with Crippen LogP contribution in [0.5, 0.6) is 0 Å². The Balaban J connectivity index is 2.64. The SMILES string of the molecule is CC(C)C[C@H](NC(=O)OC(C)(C)C)C(=O)N[C@@H]1CCCC[C@@H]1C. The van der Waals surface area contributed by atoms with E-state index in [1.807, 2.05) is 34.6 Å². The normalized spacial score (nSPS) is 23.3. The highest BCUT2D eigenvalue weighted by atomic mass is 16.6. The van der Waals surface area contributed by atoms with Gasteiger partial charge in [-0.2, -0.15) is 0 Å². The van der Waals surface area contributed by atoms with Crippen LogP contribution in [0.25, 0.3) is 0 Å². The van der Waals surface area contributed by atoms with E-state index in [-0.39, 0.29) is 11.9 Å². The number of amides is 2. The molecule has 3 atom stereocenters. The molecule has 2 amide bonds. The average Bonchev–Trinajstić information content (AvgIpc) is 2.37. The maximum Gasteiger partial charge on any atom is 0.408 e. The summed E-state index contributed by atoms with van der Waals surface area (Å²) in [5.74, 6) is 0.710. The van der Waals surface area contributed by atoms with Crippen LogP contribution >= 0.6 is 0 Å². The number of hydrogen-bond donors (Lipinski definition) is 2. The van der Waals surface area contributed by atoms with Gasteiger partial charge < -0.3 is 15.4 Å². The molecule has 1 aliphatic carbocycles. The lowest BCUT2D eigenvalue weighted by Gasteiger charge is -2.31. The van der Waals surface area contributed by atoms with Crippen LogP contribution in [0.15, 0.2) is 0 Å². The smallest absolute Gasteiger partial charge is 0.408 e. The Morgan fingerprint density at radius 2 is 1.78 bits per heavy atom. The molecule has 0 aromatic rings. The highest BCUT2D eigenvalue weighted by molar-refractivity contribution is 5.85. The van der Waals surface area contributed by atoms with Crippen molar-refractivity contribution >= 4 is 12.0 Å². The summed E-state index contributed by atoms with van der Waals surface area (Å²) >= 11 is 0. The van der Waals surface area contributed by atoms with E-state index in [2.05, 4.69) is 17.6 Å². The van der Waals surface area contributed by atoms with Gasteiger partial charge in [-0.15, -0.1) is 0 Å². The zero-order valence-electron chi connectivity index (χ0n) is 15.6. The molecule has 23 heavy (non-hydrogen) atoms. The monoisotopic (exact) mass is 326 g/mol. The fourth-order valence-corrected chi connectivity index (χ4v) is 2.97. The van der Waals surface area contributed by atoms with Crippen LogP contribution in [0.4, 0.5) is 4.79 Å². The van der Waals surface area contributed by atoms with Crippen molar-refractivity contribution in [2.45, 2.75) is 91.3 Å². The zero-order chi connectivity index (χ0) is 17.6. The van der Waals surface area contributed by atoms with Gasteiger partial charge in [-0.1, -0.05) is 33.6 Å². The van der Waals surface area contributed by atoms with Crippen molar-refractivity contribution in [1.29, 1.82) is 0 Å². The summed E-state index contributed by atoms with van der Waals surface area (Å²) in [6.07, 6.45) is 4.64. The first-order valence-electron chi connectivity index (χ1n) is 8.88. The fraction of sp³-hybridized carbons (Fsp3) is 0.889. The van der Waals surface area contributed by atoms with Gasteiger partial charge in [-0.25, -0.2) is 4.79 Å². The average molecular weight is 326 g/mol. The number of rotatable bonds is 5. The highest BCUT2D eigenvalue weighted by Gasteiger charge is 2.29. The minimum Gasteiger partial charge on any atom is -0.444 e. The minimum atomic E-state index is -0.569. The van der Waals surface area contributed by atoms with Crippen molar-refractivity contribution in [2.24, 2.45) is 11.8 Å². The van der Waals surface area contributed by atoms with Crippen LogP contribution in [0.2, 0.25) is 0 Å². The fourth-order valence-electron chi connectivity index (χ4n) is 2.97. The van der Waals surface area contributed by atoms with E-state index < -0.39 is 17.7 Å². The highest BCUT2D eigenvalue weighted by Crippen LogP contribution is 2.24. The molecule has 1 saturated carbocycles. The molecule has 1 rings (SSSR count). The van der Waals surface area contributed by atoms with Gasteiger partial charge in [0.1, 0.15) is 11.6 Å². The lowest BCUT2D eigenvalue weighted by Crippen LogP contribution is -2.52. The summed E-state index contributed by atoms with van der Waals surface area (Å²) in [5.41, 5.74) is -0.569. The van der Waals surface area contributed by atoms with Gasteiger partial charge in [-0.05, 0) is 51.9 Å². The van der Waals surface area contributed by atoms with Crippen LogP contribution in [-0.2, 0) is 9.53 Å². The van der Waals surface area contributed by atoms with Gasteiger partial charge in [0.25, 0.3) is 0 Å². The second-order valence-electron chi connectivity index (χ2n) is 8.21. The number of carbonyl (C=O) groups is 2. The molecule has 0 aromatic carbocycles. The molecule has 0 aromatic heterocycles. The predicted octanol–water partition coefficient (Wildman–Crippen LogP) is 3.62. The summed E-state index contributed by atoms with van der Waals surface area (Å²) in [6.45, 7) is 11.7. The van der Waals surface area contributed by atoms with Crippen LogP contribution in [-0.4, -0.2) is 29.7 Å². The van der Waals surface area contributed by atoms with Crippen LogP contribution < -0.4 is 10.6 Å². The summed E-state index contributed by atoms with van der Waals surface area (Å²) in [7, 11) is 0. The molecular formula is C18H34N2O3. The molecule has 134 valence electrons. The lowest BCUT2D eigenvalue weighted by atomic mass is 9.85. The van der Waals surface area contributed by atoms with E-state index >= 15 is 0 Å². The first-order chi connectivity index (χ1) is 10.6. The first kappa shape index (κ1) is 19.8. The number of alkyl carbamates (subject to hydrolysis) is 1. The first-order valence-corrected chi connectivity index (χ1v) is 8.88. The third-order valence-electron chi connectivity index (χ3n) is 4.15. The Labute approximate surface area is 140 Å². The van der Waals surface area contributed by atoms with Gasteiger partial charge >= 0.3 is 6.09 Å². The molecule has 0 radical (unpaired) electrons. The van der Waals surface area contributed by atoms with E-state index in [9.17, 15) is 9.59 Å². The standard InChI is InChI=1S/C18H34N2O3/c1-12(2)11-15(20-17(22)23-18(4,5)6)16(21)19-14-10-8-7-9-13(14)3/h12-15H,7-11H2,1-6H3,(H,19,21)(H,20,22)/t13-,14+,15-/m0/s1. The molecule has 0 aliphatic heterocycles. The van der Waals surface area contributed by atoms with Gasteiger partial charge in [0.15, 0.2) is 0 Å². The Morgan fingerprint density at radius 1 is 1.17 bits per heavy atom. The summed E-state index contributed by atoms with van der Waals surface area (Å²) in [5, 5.41) is 5.87. The van der Waals surface area contributed by atoms with E-state index in [4.69, 9.17) is 4.74 Å². The minimum absolute atomic E-state index is 0.0942. The largest absolute Gasteiger partial charge is 0.444 e. The molecule has 1 aliphatic rings. The van der Waals surface area contributed by atoms with Crippen molar-refractivity contribution in [2.75, 3.05) is 0 Å². The maximum absolute atomic E-state index is 12.6. The predicted molar refractivity (Wildman–Crippen MR) is 92.2 cm³/mol. The van der Waals surface area contributed by atoms with Crippen LogP contribution in [0.1, 0.15) is 73.6 Å². The van der Waals surface area contributed by atoms with E-state index in [1.165, 1.54) is 6.42 Å². The zero-order valence-corrected chi connectivity index (χ0v) is 15.6. The number of hydrogen-bond acceptors (Lipinski definition) is 3. The van der Waals surface area contributed by atoms with E-state index in [0.717, 1.165) is 19.3 Å². The number of ether oxygens (including phenoxy) is 1. The number of nitrogens with one attached hydrogen (secondary N) is 2. The second-order valence-corrected chi connectivity index (χ2v) is 8.21. The molecule has 5 heteroatoms. The quantitative estimate of drug-likeness (QED) is 0.811. The lowest BCUT2D eigenvalue weighted by molar-refractivity contribution is -0.124. The topological polar surface area (TPSA) is 67.4 Å². The van der Waals surface area contributed by atoms with Crippen molar-refractivity contribution in [3.8, 4) is 0 Å². The van der Waals surface area contributed by atoms with Crippen molar-refractivity contribution in [1.82, 2.24) is 10.6 Å². The van der Waals surface area contributed by atoms with E-state index in [0.29, 0.717) is 18.3 Å². The summed E-state index contributed by atoms with van der Waals surface area (Å²) in [6, 6.07) is -0.328. The molecule has 0 heterocycles. The molecule has 0 saturated heterocycles. The summed E-state index contributed by atoms with van der Waals surface area (Å²) < 4.78 is 5.28. The summed E-state index contributed by atoms with van der Waals surface area (Å²) in [4.78, 5) is 24.6. The third kappa shape index (κ3) is 7.71. The Kier molecular flexibility index (Phi) is 7.36. The van der Waals surface area contributed by atoms with Crippen LogP contribution in [0.3, 0.4) is 0 Å². The third-order valence-corrected chi connectivity index (χ3v) is 4.15.